The van der Waals surface area contributed by atoms with Crippen LogP contribution >= 0.6 is 27.7 Å². The summed E-state index contributed by atoms with van der Waals surface area (Å²) in [5, 5.41) is 6.06. The first-order chi connectivity index (χ1) is 24.2. The molecule has 0 aliphatic carbocycles. The van der Waals surface area contributed by atoms with Crippen molar-refractivity contribution in [3.05, 3.63) is 52.3 Å². The third kappa shape index (κ3) is 5.97. The Balaban J connectivity index is 0.908. The second-order valence-electron chi connectivity index (χ2n) is 12.6. The smallest absolute Gasteiger partial charge is 0.321 e. The summed E-state index contributed by atoms with van der Waals surface area (Å²) in [4.78, 5) is 68.4. The first kappa shape index (κ1) is 32.3. The number of aryl methyl sites for hydroxylation is 1. The van der Waals surface area contributed by atoms with Crippen LogP contribution < -0.4 is 25.8 Å². The molecule has 2 aromatic heterocycles. The van der Waals surface area contributed by atoms with E-state index < -0.39 is 11.9 Å². The summed E-state index contributed by atoms with van der Waals surface area (Å²) < 4.78 is 14.0. The van der Waals surface area contributed by atoms with E-state index in [0.717, 1.165) is 33.8 Å². The number of ether oxygens (including phenoxy) is 2. The Labute approximate surface area is 298 Å². The van der Waals surface area contributed by atoms with Gasteiger partial charge in [0.15, 0.2) is 33.6 Å². The highest BCUT2D eigenvalue weighted by Crippen LogP contribution is 2.43. The molecule has 6 heterocycles. The molecule has 1 unspecified atom stereocenters. The van der Waals surface area contributed by atoms with Gasteiger partial charge in [-0.05, 0) is 71.8 Å². The standard InChI is InChI=1S/C33H32BrN9O6S/c34-20-12-23-24(49-16-48-23)13-25(20)50-33-40-27-28(35)36-15-37-29(27)42(33)11-8-17-6-9-41(10-7-17)32(47)38-21-3-1-2-18-19(21)14-43(31(18)46)22-4-5-26(44)39-30(22)45/h1-3,12-13,15,17,22H,4-11,14,16H2,(H,38,47)(H2,35,36,37)(H,39,44,45). The number of aromatic nitrogens is 4. The molecule has 15 nitrogen and oxygen atoms in total. The Kier molecular flexibility index (Phi) is 8.46. The van der Waals surface area contributed by atoms with E-state index in [4.69, 9.17) is 20.2 Å². The Morgan fingerprint density at radius 2 is 1.90 bits per heavy atom. The summed E-state index contributed by atoms with van der Waals surface area (Å²) in [5.74, 6) is 0.954. The number of halogens is 1. The van der Waals surface area contributed by atoms with Crippen LogP contribution in [0.2, 0.25) is 0 Å². The van der Waals surface area contributed by atoms with Gasteiger partial charge in [-0.3, -0.25) is 19.7 Å². The van der Waals surface area contributed by atoms with Gasteiger partial charge < -0.3 is 34.9 Å². The van der Waals surface area contributed by atoms with Crippen LogP contribution in [0.1, 0.15) is 48.0 Å². The van der Waals surface area contributed by atoms with Crippen LogP contribution in [0.25, 0.3) is 11.2 Å². The first-order valence-corrected chi connectivity index (χ1v) is 17.9. The van der Waals surface area contributed by atoms with E-state index in [2.05, 4.69) is 41.1 Å². The average molecular weight is 763 g/mol. The number of urea groups is 1. The average Bonchev–Trinajstić information content (AvgIpc) is 3.80. The lowest BCUT2D eigenvalue weighted by atomic mass is 9.93. The number of carbonyl (C=O) groups excluding carboxylic acids is 4. The highest BCUT2D eigenvalue weighted by Gasteiger charge is 2.40. The third-order valence-corrected chi connectivity index (χ3v) is 11.6. The van der Waals surface area contributed by atoms with Crippen LogP contribution in [0.5, 0.6) is 11.5 Å². The van der Waals surface area contributed by atoms with Crippen molar-refractivity contribution >= 4 is 74.1 Å². The predicted molar refractivity (Wildman–Crippen MR) is 185 cm³/mol. The Morgan fingerprint density at radius 1 is 1.10 bits per heavy atom. The van der Waals surface area contributed by atoms with Crippen LogP contribution in [-0.4, -0.2) is 79.0 Å². The van der Waals surface area contributed by atoms with Crippen molar-refractivity contribution < 1.29 is 28.7 Å². The molecule has 50 heavy (non-hydrogen) atoms. The highest BCUT2D eigenvalue weighted by molar-refractivity contribution is 9.10. The number of likely N-dealkylation sites (tertiary alicyclic amines) is 1. The molecule has 0 spiro atoms. The normalized spacial score (nSPS) is 18.9. The zero-order chi connectivity index (χ0) is 34.5. The molecule has 8 rings (SSSR count). The van der Waals surface area contributed by atoms with Gasteiger partial charge in [0.05, 0.1) is 0 Å². The van der Waals surface area contributed by atoms with E-state index in [1.807, 2.05) is 12.1 Å². The largest absolute Gasteiger partial charge is 0.454 e. The summed E-state index contributed by atoms with van der Waals surface area (Å²) in [5.41, 5.74) is 9.07. The fourth-order valence-electron chi connectivity index (χ4n) is 6.92. The second-order valence-corrected chi connectivity index (χ2v) is 14.5. The summed E-state index contributed by atoms with van der Waals surface area (Å²) in [6.07, 6.45) is 4.40. The van der Waals surface area contributed by atoms with Crippen molar-refractivity contribution in [2.24, 2.45) is 5.92 Å². The minimum absolute atomic E-state index is 0.178. The second kappa shape index (κ2) is 13.1. The lowest BCUT2D eigenvalue weighted by Gasteiger charge is -2.32. The summed E-state index contributed by atoms with van der Waals surface area (Å²) in [6, 6.07) is 8.05. The number of nitrogens with two attached hydrogens (primary N) is 1. The molecular weight excluding hydrogens is 730 g/mol. The van der Waals surface area contributed by atoms with Gasteiger partial charge in [-0.25, -0.2) is 19.7 Å². The number of imidazole rings is 1. The van der Waals surface area contributed by atoms with Gasteiger partial charge in [0.2, 0.25) is 18.6 Å². The minimum Gasteiger partial charge on any atom is -0.454 e. The molecule has 0 bridgehead atoms. The zero-order valence-electron chi connectivity index (χ0n) is 26.7. The Morgan fingerprint density at radius 3 is 2.70 bits per heavy atom. The quantitative estimate of drug-likeness (QED) is 0.230. The maximum Gasteiger partial charge on any atom is 0.321 e. The Bertz CT molecular complexity index is 2070. The highest BCUT2D eigenvalue weighted by atomic mass is 79.9. The van der Waals surface area contributed by atoms with Crippen molar-refractivity contribution in [1.29, 1.82) is 0 Å². The van der Waals surface area contributed by atoms with Crippen LogP contribution in [-0.2, 0) is 22.7 Å². The van der Waals surface area contributed by atoms with Gasteiger partial charge in [-0.2, -0.15) is 0 Å². The zero-order valence-corrected chi connectivity index (χ0v) is 29.1. The molecule has 5 amide bonds. The number of nitrogens with one attached hydrogen (secondary N) is 2. The van der Waals surface area contributed by atoms with Crippen molar-refractivity contribution in [2.75, 3.05) is 30.9 Å². The van der Waals surface area contributed by atoms with E-state index >= 15 is 0 Å². The van der Waals surface area contributed by atoms with Crippen LogP contribution in [0.15, 0.2) is 51.2 Å². The lowest BCUT2D eigenvalue weighted by Crippen LogP contribution is -2.52. The molecule has 2 aromatic carbocycles. The number of fused-ring (bicyclic) bond motifs is 3. The van der Waals surface area contributed by atoms with Gasteiger partial charge in [0.25, 0.3) is 5.91 Å². The van der Waals surface area contributed by atoms with E-state index in [0.29, 0.717) is 70.8 Å². The molecule has 4 aromatic rings. The van der Waals surface area contributed by atoms with E-state index in [1.54, 1.807) is 23.1 Å². The number of nitrogen functional groups attached to an aromatic ring is 1. The van der Waals surface area contributed by atoms with Gasteiger partial charge >= 0.3 is 6.03 Å². The molecule has 0 radical (unpaired) electrons. The molecule has 2 fully saturated rings. The van der Waals surface area contributed by atoms with Gasteiger partial charge in [0.1, 0.15) is 12.4 Å². The molecule has 4 aliphatic heterocycles. The number of amides is 5. The number of anilines is 2. The van der Waals surface area contributed by atoms with E-state index in [-0.39, 0.29) is 44.0 Å². The number of carbonyl (C=O) groups is 4. The molecule has 0 saturated carbocycles. The summed E-state index contributed by atoms with van der Waals surface area (Å²) in [7, 11) is 0. The fraction of sp³-hybridized carbons (Fsp3) is 0.364. The van der Waals surface area contributed by atoms with E-state index in [9.17, 15) is 19.2 Å². The molecule has 17 heteroatoms. The number of benzene rings is 2. The number of piperidine rings is 2. The van der Waals surface area contributed by atoms with Gasteiger partial charge in [-0.15, -0.1) is 0 Å². The monoisotopic (exact) mass is 761 g/mol. The SMILES string of the molecule is Nc1ncnc2c1nc(Sc1cc3c(cc1Br)OCO3)n2CCC1CCN(C(=O)Nc2cccc3c2CN(C2CCC(=O)NC2=O)C3=O)CC1. The van der Waals surface area contributed by atoms with Gasteiger partial charge in [-0.1, -0.05) is 17.8 Å². The third-order valence-electron chi connectivity index (χ3n) is 9.64. The number of hydrogen-bond acceptors (Lipinski definition) is 11. The maximum atomic E-state index is 13.4. The minimum atomic E-state index is -0.722. The fourth-order valence-corrected chi connectivity index (χ4v) is 8.43. The van der Waals surface area contributed by atoms with Crippen LogP contribution in [0, 0.1) is 5.92 Å². The Hall–Kier alpha value is -4.90. The molecule has 1 atom stereocenters. The van der Waals surface area contributed by atoms with Gasteiger partial charge in [0, 0.05) is 58.8 Å². The summed E-state index contributed by atoms with van der Waals surface area (Å²) >= 11 is 5.12. The van der Waals surface area contributed by atoms with Crippen molar-refractivity contribution in [3.8, 4) is 11.5 Å². The van der Waals surface area contributed by atoms with Crippen LogP contribution in [0.3, 0.4) is 0 Å². The number of imide groups is 1. The lowest BCUT2D eigenvalue weighted by molar-refractivity contribution is -0.136. The first-order valence-electron chi connectivity index (χ1n) is 16.3. The number of hydrogen-bond donors (Lipinski definition) is 3. The van der Waals surface area contributed by atoms with E-state index in [1.165, 1.54) is 23.0 Å². The maximum absolute atomic E-state index is 13.4. The molecule has 4 aliphatic rings. The number of rotatable bonds is 7. The summed E-state index contributed by atoms with van der Waals surface area (Å²) in [6.45, 7) is 2.19. The molecule has 258 valence electrons. The number of nitrogens with zero attached hydrogens (tertiary/aromatic N) is 6. The van der Waals surface area contributed by atoms with Crippen LogP contribution in [0.4, 0.5) is 16.3 Å². The molecule has 2 saturated heterocycles. The van der Waals surface area contributed by atoms with Crippen molar-refractivity contribution in [2.45, 2.75) is 61.3 Å². The van der Waals surface area contributed by atoms with Crippen molar-refractivity contribution in [3.63, 3.8) is 0 Å². The molecule has 4 N–H and O–H groups in total. The molecular formula is C33H32BrN9O6S. The van der Waals surface area contributed by atoms with Crippen molar-refractivity contribution in [1.82, 2.24) is 34.6 Å². The topological polar surface area (TPSA) is 187 Å². The predicted octanol–water partition coefficient (Wildman–Crippen LogP) is 4.15.